The van der Waals surface area contributed by atoms with Crippen molar-refractivity contribution in [2.75, 3.05) is 39.3 Å². The van der Waals surface area contributed by atoms with Gasteiger partial charge in [0.15, 0.2) is 0 Å². The van der Waals surface area contributed by atoms with E-state index in [0.717, 1.165) is 36.2 Å². The number of aliphatic hydroxyl groups is 1. The van der Waals surface area contributed by atoms with Crippen LogP contribution in [0, 0.1) is 0 Å². The van der Waals surface area contributed by atoms with E-state index in [2.05, 4.69) is 20.8 Å². The molecule has 0 radical (unpaired) electrons. The number of amides is 1. The molecule has 0 aliphatic carbocycles. The van der Waals surface area contributed by atoms with Gasteiger partial charge in [0.2, 0.25) is 5.91 Å². The van der Waals surface area contributed by atoms with Gasteiger partial charge in [-0.05, 0) is 24.6 Å². The SMILES string of the molecule is CC(C(=O)N1CCN(CCO)CC1)c1ccc(Br)cc1. The van der Waals surface area contributed by atoms with Crippen LogP contribution in [0.2, 0.25) is 0 Å². The first-order chi connectivity index (χ1) is 9.61. The third-order valence-corrected chi connectivity index (χ3v) is 4.37. The molecule has 1 atom stereocenters. The van der Waals surface area contributed by atoms with Gasteiger partial charge in [0.05, 0.1) is 12.5 Å². The van der Waals surface area contributed by atoms with E-state index in [1.807, 2.05) is 36.1 Å². The smallest absolute Gasteiger partial charge is 0.229 e. The summed E-state index contributed by atoms with van der Waals surface area (Å²) < 4.78 is 1.03. The van der Waals surface area contributed by atoms with E-state index in [-0.39, 0.29) is 18.4 Å². The van der Waals surface area contributed by atoms with Crippen LogP contribution in [-0.2, 0) is 4.79 Å². The molecule has 0 aromatic heterocycles. The Labute approximate surface area is 128 Å². The first kappa shape index (κ1) is 15.5. The number of carbonyl (C=O) groups is 1. The zero-order valence-corrected chi connectivity index (χ0v) is 13.3. The molecule has 5 heteroatoms. The number of piperazine rings is 1. The van der Waals surface area contributed by atoms with Crippen molar-refractivity contribution in [3.63, 3.8) is 0 Å². The fourth-order valence-corrected chi connectivity index (χ4v) is 2.77. The molecule has 1 amide bonds. The number of benzene rings is 1. The lowest BCUT2D eigenvalue weighted by Crippen LogP contribution is -2.50. The number of nitrogens with zero attached hydrogens (tertiary/aromatic N) is 2. The number of carbonyl (C=O) groups excluding carboxylic acids is 1. The highest BCUT2D eigenvalue weighted by Crippen LogP contribution is 2.21. The second kappa shape index (κ2) is 7.20. The molecule has 110 valence electrons. The molecule has 0 bridgehead atoms. The third kappa shape index (κ3) is 3.81. The number of hydrogen-bond donors (Lipinski definition) is 1. The molecule has 0 spiro atoms. The molecule has 1 unspecified atom stereocenters. The van der Waals surface area contributed by atoms with E-state index in [1.165, 1.54) is 0 Å². The van der Waals surface area contributed by atoms with E-state index in [4.69, 9.17) is 5.11 Å². The first-order valence-corrected chi connectivity index (χ1v) is 7.78. The van der Waals surface area contributed by atoms with Crippen molar-refractivity contribution < 1.29 is 9.90 Å². The molecule has 1 aliphatic heterocycles. The zero-order valence-electron chi connectivity index (χ0n) is 11.8. The standard InChI is InChI=1S/C15H21BrN2O2/c1-12(13-2-4-14(16)5-3-13)15(20)18-8-6-17(7-9-18)10-11-19/h2-5,12,19H,6-11H2,1H3. The van der Waals surface area contributed by atoms with Crippen LogP contribution in [0.25, 0.3) is 0 Å². The molecule has 1 fully saturated rings. The Morgan fingerprint density at radius 3 is 2.40 bits per heavy atom. The number of aliphatic hydroxyl groups excluding tert-OH is 1. The minimum absolute atomic E-state index is 0.104. The summed E-state index contributed by atoms with van der Waals surface area (Å²) in [6, 6.07) is 7.93. The molecular weight excluding hydrogens is 320 g/mol. The Hall–Kier alpha value is -0.910. The average molecular weight is 341 g/mol. The molecule has 1 N–H and O–H groups in total. The predicted molar refractivity (Wildman–Crippen MR) is 82.7 cm³/mol. The van der Waals surface area contributed by atoms with Crippen molar-refractivity contribution in [1.29, 1.82) is 0 Å². The van der Waals surface area contributed by atoms with E-state index in [0.29, 0.717) is 6.54 Å². The van der Waals surface area contributed by atoms with Crippen LogP contribution in [0.4, 0.5) is 0 Å². The van der Waals surface area contributed by atoms with Crippen molar-refractivity contribution >= 4 is 21.8 Å². The minimum Gasteiger partial charge on any atom is -0.395 e. The lowest BCUT2D eigenvalue weighted by Gasteiger charge is -2.35. The normalized spacial score (nSPS) is 18.1. The van der Waals surface area contributed by atoms with Crippen molar-refractivity contribution in [3.8, 4) is 0 Å². The highest BCUT2D eigenvalue weighted by atomic mass is 79.9. The lowest BCUT2D eigenvalue weighted by molar-refractivity contribution is -0.134. The van der Waals surface area contributed by atoms with Gasteiger partial charge in [0, 0.05) is 37.2 Å². The highest BCUT2D eigenvalue weighted by Gasteiger charge is 2.25. The van der Waals surface area contributed by atoms with E-state index in [1.54, 1.807) is 0 Å². The molecule has 2 rings (SSSR count). The van der Waals surface area contributed by atoms with Crippen LogP contribution in [-0.4, -0.2) is 60.1 Å². The molecular formula is C15H21BrN2O2. The summed E-state index contributed by atoms with van der Waals surface area (Å²) in [5.41, 5.74) is 1.05. The van der Waals surface area contributed by atoms with Crippen LogP contribution in [0.15, 0.2) is 28.7 Å². The van der Waals surface area contributed by atoms with Gasteiger partial charge >= 0.3 is 0 Å². The number of rotatable bonds is 4. The second-order valence-electron chi connectivity index (χ2n) is 5.16. The van der Waals surface area contributed by atoms with Gasteiger partial charge in [-0.15, -0.1) is 0 Å². The second-order valence-corrected chi connectivity index (χ2v) is 6.08. The number of β-amino-alcohol motifs (C(OH)–C–C–N with tert-alkyl or cyclic N) is 1. The maximum atomic E-state index is 12.5. The maximum absolute atomic E-state index is 12.5. The summed E-state index contributed by atoms with van der Waals surface area (Å²) in [5.74, 6) is 0.0865. The fraction of sp³-hybridized carbons (Fsp3) is 0.533. The van der Waals surface area contributed by atoms with Gasteiger partial charge in [-0.2, -0.15) is 0 Å². The van der Waals surface area contributed by atoms with E-state index in [9.17, 15) is 4.79 Å². The summed E-state index contributed by atoms with van der Waals surface area (Å²) in [7, 11) is 0. The third-order valence-electron chi connectivity index (χ3n) is 3.84. The molecule has 1 heterocycles. The van der Waals surface area contributed by atoms with Gasteiger partial charge < -0.3 is 10.0 Å². The first-order valence-electron chi connectivity index (χ1n) is 6.99. The zero-order chi connectivity index (χ0) is 14.5. The quantitative estimate of drug-likeness (QED) is 0.906. The average Bonchev–Trinajstić information content (AvgIpc) is 2.48. The van der Waals surface area contributed by atoms with Gasteiger partial charge in [0.1, 0.15) is 0 Å². The van der Waals surface area contributed by atoms with Crippen LogP contribution in [0.3, 0.4) is 0 Å². The van der Waals surface area contributed by atoms with Gasteiger partial charge in [-0.25, -0.2) is 0 Å². The Morgan fingerprint density at radius 2 is 1.85 bits per heavy atom. The van der Waals surface area contributed by atoms with Gasteiger partial charge in [0.25, 0.3) is 0 Å². The number of hydrogen-bond acceptors (Lipinski definition) is 3. The maximum Gasteiger partial charge on any atom is 0.229 e. The fourth-order valence-electron chi connectivity index (χ4n) is 2.50. The van der Waals surface area contributed by atoms with E-state index < -0.39 is 0 Å². The largest absolute Gasteiger partial charge is 0.395 e. The monoisotopic (exact) mass is 340 g/mol. The topological polar surface area (TPSA) is 43.8 Å². The Kier molecular flexibility index (Phi) is 5.57. The Balaban J connectivity index is 1.93. The van der Waals surface area contributed by atoms with Gasteiger partial charge in [-0.3, -0.25) is 9.69 Å². The molecule has 4 nitrogen and oxygen atoms in total. The highest BCUT2D eigenvalue weighted by molar-refractivity contribution is 9.10. The summed E-state index contributed by atoms with van der Waals surface area (Å²) >= 11 is 3.41. The molecule has 1 saturated heterocycles. The predicted octanol–water partition coefficient (Wildman–Crippen LogP) is 1.69. The van der Waals surface area contributed by atoms with Crippen molar-refractivity contribution in [2.24, 2.45) is 0 Å². The van der Waals surface area contributed by atoms with Crippen LogP contribution < -0.4 is 0 Å². The number of halogens is 1. The Morgan fingerprint density at radius 1 is 1.25 bits per heavy atom. The van der Waals surface area contributed by atoms with Crippen LogP contribution in [0.1, 0.15) is 18.4 Å². The summed E-state index contributed by atoms with van der Waals surface area (Å²) in [6.07, 6.45) is 0. The lowest BCUT2D eigenvalue weighted by atomic mass is 9.99. The molecule has 20 heavy (non-hydrogen) atoms. The molecule has 1 aromatic carbocycles. The van der Waals surface area contributed by atoms with E-state index >= 15 is 0 Å². The van der Waals surface area contributed by atoms with Gasteiger partial charge in [-0.1, -0.05) is 28.1 Å². The Bertz CT molecular complexity index is 442. The minimum atomic E-state index is -0.104. The van der Waals surface area contributed by atoms with Crippen molar-refractivity contribution in [3.05, 3.63) is 34.3 Å². The van der Waals surface area contributed by atoms with Crippen molar-refractivity contribution in [2.45, 2.75) is 12.8 Å². The summed E-state index contributed by atoms with van der Waals surface area (Å²) in [4.78, 5) is 16.6. The molecule has 0 saturated carbocycles. The molecule has 1 aliphatic rings. The summed E-state index contributed by atoms with van der Waals surface area (Å²) in [5, 5.41) is 8.93. The summed E-state index contributed by atoms with van der Waals surface area (Å²) in [6.45, 7) is 6.04. The van der Waals surface area contributed by atoms with Crippen molar-refractivity contribution in [1.82, 2.24) is 9.80 Å². The van der Waals surface area contributed by atoms with Crippen LogP contribution in [0.5, 0.6) is 0 Å². The molecule has 1 aromatic rings. The van der Waals surface area contributed by atoms with Crippen LogP contribution >= 0.6 is 15.9 Å².